The summed E-state index contributed by atoms with van der Waals surface area (Å²) in [6, 6.07) is 6.04. The fourth-order valence-corrected chi connectivity index (χ4v) is 4.00. The highest BCUT2D eigenvalue weighted by Crippen LogP contribution is 2.33. The van der Waals surface area contributed by atoms with Crippen LogP contribution in [-0.4, -0.2) is 35.0 Å². The molecule has 1 fully saturated rings. The Bertz CT molecular complexity index is 1190. The van der Waals surface area contributed by atoms with Crippen molar-refractivity contribution in [3.63, 3.8) is 0 Å². The zero-order chi connectivity index (χ0) is 19.8. The van der Waals surface area contributed by atoms with Gasteiger partial charge in [0.15, 0.2) is 11.5 Å². The van der Waals surface area contributed by atoms with Crippen LogP contribution in [0.4, 0.5) is 5.82 Å². The van der Waals surface area contributed by atoms with E-state index in [1.54, 1.807) is 24.8 Å². The molecule has 4 heterocycles. The molecule has 1 aliphatic rings. The minimum atomic E-state index is -0.313. The van der Waals surface area contributed by atoms with Gasteiger partial charge in [0.25, 0.3) is 5.91 Å². The second-order valence-corrected chi connectivity index (χ2v) is 7.39. The molecule has 4 aromatic heterocycles. The van der Waals surface area contributed by atoms with Crippen molar-refractivity contribution < 1.29 is 4.79 Å². The number of aromatic nitrogens is 6. The molecule has 1 aliphatic carbocycles. The van der Waals surface area contributed by atoms with E-state index < -0.39 is 0 Å². The average molecular weight is 387 g/mol. The van der Waals surface area contributed by atoms with Crippen LogP contribution >= 0.6 is 0 Å². The Morgan fingerprint density at radius 3 is 2.86 bits per heavy atom. The number of fused-ring (bicyclic) bond motifs is 1. The summed E-state index contributed by atoms with van der Waals surface area (Å²) in [5.41, 5.74) is 2.89. The summed E-state index contributed by atoms with van der Waals surface area (Å²) in [7, 11) is 0. The van der Waals surface area contributed by atoms with Gasteiger partial charge in [-0.2, -0.15) is 5.10 Å². The third-order valence-corrected chi connectivity index (χ3v) is 5.39. The smallest absolute Gasteiger partial charge is 0.277 e. The number of amides is 1. The SMILES string of the molecule is Cc1ccnc(NC(=O)c2nc(-c3ccnn3C3CCCC3)n3ccncc23)c1. The molecule has 1 N–H and O–H groups in total. The standard InChI is InChI=1S/C21H21N7O/c1-14-6-8-23-18(12-14)25-21(29)19-17-13-22-10-11-27(17)20(26-19)16-7-9-24-28(16)15-4-2-3-5-15/h6-13,15H,2-5H2,1H3,(H,23,25,29). The van der Waals surface area contributed by atoms with Gasteiger partial charge in [-0.05, 0) is 43.5 Å². The van der Waals surface area contributed by atoms with Gasteiger partial charge in [-0.3, -0.25) is 18.9 Å². The number of hydrogen-bond donors (Lipinski definition) is 1. The fraction of sp³-hybridized carbons (Fsp3) is 0.286. The number of pyridine rings is 1. The number of rotatable bonds is 4. The Morgan fingerprint density at radius 2 is 2.03 bits per heavy atom. The molecule has 0 aromatic carbocycles. The topological polar surface area (TPSA) is 90.0 Å². The van der Waals surface area contributed by atoms with Crippen molar-refractivity contribution in [3.05, 3.63) is 60.4 Å². The summed E-state index contributed by atoms with van der Waals surface area (Å²) in [6.07, 6.45) is 13.3. The third kappa shape index (κ3) is 3.16. The molecule has 1 saturated carbocycles. The van der Waals surface area contributed by atoms with Gasteiger partial charge in [0, 0.05) is 24.8 Å². The van der Waals surface area contributed by atoms with Gasteiger partial charge in [-0.15, -0.1) is 0 Å². The molecular formula is C21H21N7O. The predicted octanol–water partition coefficient (Wildman–Crippen LogP) is 3.66. The number of carbonyl (C=O) groups is 1. The van der Waals surface area contributed by atoms with Crippen LogP contribution in [0, 0.1) is 6.92 Å². The summed E-state index contributed by atoms with van der Waals surface area (Å²) in [5, 5.41) is 7.39. The van der Waals surface area contributed by atoms with Crippen molar-refractivity contribution in [2.45, 2.75) is 38.6 Å². The van der Waals surface area contributed by atoms with E-state index in [0.717, 1.165) is 24.1 Å². The maximum absolute atomic E-state index is 13.0. The van der Waals surface area contributed by atoms with Crippen molar-refractivity contribution in [1.82, 2.24) is 29.1 Å². The highest BCUT2D eigenvalue weighted by Gasteiger charge is 2.25. The van der Waals surface area contributed by atoms with E-state index in [4.69, 9.17) is 4.98 Å². The van der Waals surface area contributed by atoms with E-state index in [0.29, 0.717) is 28.9 Å². The normalized spacial score (nSPS) is 14.5. The minimum absolute atomic E-state index is 0.313. The van der Waals surface area contributed by atoms with Crippen LogP contribution in [0.1, 0.15) is 47.8 Å². The number of nitrogens with zero attached hydrogens (tertiary/aromatic N) is 6. The van der Waals surface area contributed by atoms with Gasteiger partial charge in [0.1, 0.15) is 11.5 Å². The van der Waals surface area contributed by atoms with Crippen LogP contribution in [0.15, 0.2) is 49.2 Å². The summed E-state index contributed by atoms with van der Waals surface area (Å²) < 4.78 is 3.94. The number of nitrogens with one attached hydrogen (secondary N) is 1. The second kappa shape index (κ2) is 7.12. The monoisotopic (exact) mass is 387 g/mol. The zero-order valence-corrected chi connectivity index (χ0v) is 16.1. The highest BCUT2D eigenvalue weighted by atomic mass is 16.2. The Kier molecular flexibility index (Phi) is 4.31. The largest absolute Gasteiger partial charge is 0.305 e. The van der Waals surface area contributed by atoms with E-state index in [1.807, 2.05) is 40.4 Å². The molecular weight excluding hydrogens is 366 g/mol. The second-order valence-electron chi connectivity index (χ2n) is 7.39. The van der Waals surface area contributed by atoms with Crippen molar-refractivity contribution in [1.29, 1.82) is 0 Å². The van der Waals surface area contributed by atoms with Crippen LogP contribution in [0.5, 0.6) is 0 Å². The first-order valence-corrected chi connectivity index (χ1v) is 9.80. The van der Waals surface area contributed by atoms with Gasteiger partial charge in [-0.25, -0.2) is 9.97 Å². The Morgan fingerprint density at radius 1 is 1.17 bits per heavy atom. The number of aryl methyl sites for hydroxylation is 1. The maximum Gasteiger partial charge on any atom is 0.277 e. The van der Waals surface area contributed by atoms with Crippen LogP contribution in [0.3, 0.4) is 0 Å². The fourth-order valence-electron chi connectivity index (χ4n) is 4.00. The maximum atomic E-state index is 13.0. The molecule has 0 aliphatic heterocycles. The Labute approximate surface area is 167 Å². The number of imidazole rings is 1. The molecule has 1 amide bonds. The lowest BCUT2D eigenvalue weighted by atomic mass is 10.2. The van der Waals surface area contributed by atoms with Crippen LogP contribution in [0.2, 0.25) is 0 Å². The van der Waals surface area contributed by atoms with Gasteiger partial charge in [-0.1, -0.05) is 12.8 Å². The lowest BCUT2D eigenvalue weighted by Crippen LogP contribution is -2.14. The molecule has 8 nitrogen and oxygen atoms in total. The molecule has 0 atom stereocenters. The quantitative estimate of drug-likeness (QED) is 0.577. The first-order chi connectivity index (χ1) is 14.2. The molecule has 5 rings (SSSR count). The van der Waals surface area contributed by atoms with Crippen molar-refractivity contribution >= 4 is 17.2 Å². The molecule has 0 radical (unpaired) electrons. The van der Waals surface area contributed by atoms with Gasteiger partial charge >= 0.3 is 0 Å². The third-order valence-electron chi connectivity index (χ3n) is 5.39. The lowest BCUT2D eigenvalue weighted by molar-refractivity contribution is 0.102. The molecule has 0 spiro atoms. The van der Waals surface area contributed by atoms with Gasteiger partial charge in [0.05, 0.1) is 17.8 Å². The van der Waals surface area contributed by atoms with Crippen molar-refractivity contribution in [2.75, 3.05) is 5.32 Å². The molecule has 0 saturated heterocycles. The van der Waals surface area contributed by atoms with Crippen LogP contribution in [0.25, 0.3) is 17.0 Å². The minimum Gasteiger partial charge on any atom is -0.305 e. The first kappa shape index (κ1) is 17.5. The van der Waals surface area contributed by atoms with E-state index >= 15 is 0 Å². The summed E-state index contributed by atoms with van der Waals surface area (Å²) in [4.78, 5) is 26.1. The molecule has 0 bridgehead atoms. The van der Waals surface area contributed by atoms with Crippen LogP contribution in [-0.2, 0) is 0 Å². The Balaban J connectivity index is 1.57. The first-order valence-electron chi connectivity index (χ1n) is 9.80. The summed E-state index contributed by atoms with van der Waals surface area (Å²) >= 11 is 0. The number of carbonyl (C=O) groups excluding carboxylic acids is 1. The summed E-state index contributed by atoms with van der Waals surface area (Å²) in [5.74, 6) is 0.874. The zero-order valence-electron chi connectivity index (χ0n) is 16.1. The predicted molar refractivity (Wildman–Crippen MR) is 109 cm³/mol. The molecule has 146 valence electrons. The number of anilines is 1. The van der Waals surface area contributed by atoms with Gasteiger partial charge in [0.2, 0.25) is 0 Å². The molecule has 29 heavy (non-hydrogen) atoms. The average Bonchev–Trinajstić information content (AvgIpc) is 3.46. The van der Waals surface area contributed by atoms with Gasteiger partial charge < -0.3 is 5.32 Å². The van der Waals surface area contributed by atoms with E-state index in [1.165, 1.54) is 12.8 Å². The molecule has 8 heteroatoms. The number of hydrogen-bond acceptors (Lipinski definition) is 5. The van der Waals surface area contributed by atoms with Crippen molar-refractivity contribution in [3.8, 4) is 11.5 Å². The molecule has 4 aromatic rings. The Hall–Kier alpha value is -3.55. The van der Waals surface area contributed by atoms with E-state index in [-0.39, 0.29) is 5.91 Å². The molecule has 0 unspecified atom stereocenters. The van der Waals surface area contributed by atoms with E-state index in [9.17, 15) is 4.79 Å². The lowest BCUT2D eigenvalue weighted by Gasteiger charge is -2.13. The van der Waals surface area contributed by atoms with Crippen molar-refractivity contribution in [2.24, 2.45) is 0 Å². The summed E-state index contributed by atoms with van der Waals surface area (Å²) in [6.45, 7) is 1.95. The van der Waals surface area contributed by atoms with Crippen LogP contribution < -0.4 is 5.32 Å². The van der Waals surface area contributed by atoms with E-state index in [2.05, 4.69) is 20.4 Å². The highest BCUT2D eigenvalue weighted by molar-refractivity contribution is 6.07.